The fourth-order valence-electron chi connectivity index (χ4n) is 1.59. The molecule has 0 unspecified atom stereocenters. The minimum absolute atomic E-state index is 0.701. The van der Waals surface area contributed by atoms with E-state index in [0.717, 1.165) is 26.6 Å². The lowest BCUT2D eigenvalue weighted by Gasteiger charge is -2.08. The first-order valence-electron chi connectivity index (χ1n) is 5.60. The topological polar surface area (TPSA) is 35.2 Å². The number of benzene rings is 2. The molecule has 0 amide bonds. The number of rotatable bonds is 4. The van der Waals surface area contributed by atoms with Gasteiger partial charge < -0.3 is 10.5 Å². The van der Waals surface area contributed by atoms with Crippen LogP contribution in [0.25, 0.3) is 0 Å². The molecule has 0 aliphatic carbocycles. The van der Waals surface area contributed by atoms with Crippen LogP contribution in [0.3, 0.4) is 0 Å². The Morgan fingerprint density at radius 1 is 1.26 bits per heavy atom. The van der Waals surface area contributed by atoms with Crippen LogP contribution >= 0.6 is 39.3 Å². The number of ether oxygens (including phenoxy) is 1. The molecule has 2 nitrogen and oxygen atoms in total. The SMILES string of the molecule is COc1ccc(CSc2cc(Cl)ccc2N)cc1Br. The Morgan fingerprint density at radius 2 is 2.05 bits per heavy atom. The summed E-state index contributed by atoms with van der Waals surface area (Å²) in [6.45, 7) is 0. The highest BCUT2D eigenvalue weighted by Gasteiger charge is 2.05. The molecule has 5 heteroatoms. The summed E-state index contributed by atoms with van der Waals surface area (Å²) in [4.78, 5) is 0.999. The van der Waals surface area contributed by atoms with Crippen molar-refractivity contribution in [3.05, 3.63) is 51.5 Å². The van der Waals surface area contributed by atoms with Gasteiger partial charge in [0.15, 0.2) is 0 Å². The second-order valence-corrected chi connectivity index (χ2v) is 6.25. The Balaban J connectivity index is 2.10. The summed E-state index contributed by atoms with van der Waals surface area (Å²) in [5.41, 5.74) is 7.86. The second kappa shape index (κ2) is 6.55. The molecule has 0 aliphatic heterocycles. The Bertz CT molecular complexity index is 592. The standard InChI is InChI=1S/C14H13BrClNOS/c1-18-13-5-2-9(6-11(13)15)8-19-14-7-10(16)3-4-12(14)17/h2-7H,8,17H2,1H3. The predicted octanol–water partition coefficient (Wildman–Crippen LogP) is 4.99. The molecule has 0 bridgehead atoms. The van der Waals surface area contributed by atoms with Crippen molar-refractivity contribution in [2.24, 2.45) is 0 Å². The molecule has 100 valence electrons. The molecule has 2 rings (SSSR count). The van der Waals surface area contributed by atoms with Crippen molar-refractivity contribution in [2.75, 3.05) is 12.8 Å². The maximum atomic E-state index is 5.97. The summed E-state index contributed by atoms with van der Waals surface area (Å²) in [7, 11) is 1.65. The predicted molar refractivity (Wildman–Crippen MR) is 86.1 cm³/mol. The molecule has 0 aliphatic rings. The van der Waals surface area contributed by atoms with Crippen molar-refractivity contribution >= 4 is 45.0 Å². The van der Waals surface area contributed by atoms with Crippen molar-refractivity contribution in [1.82, 2.24) is 0 Å². The quantitative estimate of drug-likeness (QED) is 0.618. The molecule has 2 N–H and O–H groups in total. The third kappa shape index (κ3) is 3.81. The fourth-order valence-corrected chi connectivity index (χ4v) is 3.37. The maximum absolute atomic E-state index is 5.97. The highest BCUT2D eigenvalue weighted by Crippen LogP contribution is 2.32. The minimum atomic E-state index is 0.701. The van der Waals surface area contributed by atoms with Crippen LogP contribution in [0.4, 0.5) is 5.69 Å². The zero-order chi connectivity index (χ0) is 13.8. The highest BCUT2D eigenvalue weighted by molar-refractivity contribution is 9.10. The van der Waals surface area contributed by atoms with Gasteiger partial charge in [0.25, 0.3) is 0 Å². The van der Waals surface area contributed by atoms with Crippen LogP contribution in [0, 0.1) is 0 Å². The molecule has 0 saturated carbocycles. The lowest BCUT2D eigenvalue weighted by molar-refractivity contribution is 0.412. The molecule has 2 aromatic carbocycles. The molecule has 2 aromatic rings. The summed E-state index contributed by atoms with van der Waals surface area (Å²) in [5.74, 6) is 1.66. The molecular formula is C14H13BrClNOS. The van der Waals surface area contributed by atoms with Gasteiger partial charge in [-0.2, -0.15) is 0 Å². The number of hydrogen-bond donors (Lipinski definition) is 1. The van der Waals surface area contributed by atoms with Gasteiger partial charge >= 0.3 is 0 Å². The smallest absolute Gasteiger partial charge is 0.133 e. The van der Waals surface area contributed by atoms with E-state index < -0.39 is 0 Å². The summed E-state index contributed by atoms with van der Waals surface area (Å²) >= 11 is 11.1. The number of halogens is 2. The number of methoxy groups -OCH3 is 1. The Hall–Kier alpha value is -0.840. The normalized spacial score (nSPS) is 10.5. The van der Waals surface area contributed by atoms with Crippen LogP contribution in [0.5, 0.6) is 5.75 Å². The lowest BCUT2D eigenvalue weighted by atomic mass is 10.2. The van der Waals surface area contributed by atoms with Gasteiger partial charge in [-0.3, -0.25) is 0 Å². The highest BCUT2D eigenvalue weighted by atomic mass is 79.9. The average molecular weight is 359 g/mol. The van der Waals surface area contributed by atoms with E-state index in [0.29, 0.717) is 5.02 Å². The minimum Gasteiger partial charge on any atom is -0.496 e. The molecule has 0 heterocycles. The first-order chi connectivity index (χ1) is 9.10. The van der Waals surface area contributed by atoms with Gasteiger partial charge in [0.2, 0.25) is 0 Å². The fraction of sp³-hybridized carbons (Fsp3) is 0.143. The van der Waals surface area contributed by atoms with Crippen molar-refractivity contribution in [1.29, 1.82) is 0 Å². The zero-order valence-electron chi connectivity index (χ0n) is 10.3. The largest absolute Gasteiger partial charge is 0.496 e. The molecule has 19 heavy (non-hydrogen) atoms. The van der Waals surface area contributed by atoms with Crippen LogP contribution in [-0.4, -0.2) is 7.11 Å². The Labute approximate surface area is 130 Å². The van der Waals surface area contributed by atoms with E-state index in [1.807, 2.05) is 30.3 Å². The van der Waals surface area contributed by atoms with E-state index in [-0.39, 0.29) is 0 Å². The third-order valence-corrected chi connectivity index (χ3v) is 4.58. The van der Waals surface area contributed by atoms with E-state index in [1.54, 1.807) is 24.9 Å². The van der Waals surface area contributed by atoms with E-state index in [9.17, 15) is 0 Å². The summed E-state index contributed by atoms with van der Waals surface area (Å²) in [5, 5.41) is 0.701. The first kappa shape index (κ1) is 14.6. The van der Waals surface area contributed by atoms with E-state index in [4.69, 9.17) is 22.1 Å². The first-order valence-corrected chi connectivity index (χ1v) is 7.76. The molecule has 0 aromatic heterocycles. The number of hydrogen-bond acceptors (Lipinski definition) is 3. The van der Waals surface area contributed by atoms with Crippen LogP contribution in [0.1, 0.15) is 5.56 Å². The lowest BCUT2D eigenvalue weighted by Crippen LogP contribution is -1.90. The molecule has 0 spiro atoms. The van der Waals surface area contributed by atoms with Crippen LogP contribution in [-0.2, 0) is 5.75 Å². The average Bonchev–Trinajstić information content (AvgIpc) is 2.40. The van der Waals surface area contributed by atoms with E-state index >= 15 is 0 Å². The summed E-state index contributed by atoms with van der Waals surface area (Å²) < 4.78 is 6.16. The van der Waals surface area contributed by atoms with Crippen molar-refractivity contribution in [2.45, 2.75) is 10.6 Å². The number of thioether (sulfide) groups is 1. The van der Waals surface area contributed by atoms with Gasteiger partial charge in [-0.15, -0.1) is 11.8 Å². The van der Waals surface area contributed by atoms with Gasteiger partial charge in [-0.05, 0) is 51.8 Å². The molecular weight excluding hydrogens is 346 g/mol. The monoisotopic (exact) mass is 357 g/mol. The summed E-state index contributed by atoms with van der Waals surface area (Å²) in [6.07, 6.45) is 0. The molecule has 0 atom stereocenters. The van der Waals surface area contributed by atoms with Gasteiger partial charge in [0.05, 0.1) is 11.6 Å². The zero-order valence-corrected chi connectivity index (χ0v) is 13.5. The van der Waals surface area contributed by atoms with Crippen molar-refractivity contribution < 1.29 is 4.74 Å². The van der Waals surface area contributed by atoms with Crippen LogP contribution in [0.2, 0.25) is 5.02 Å². The maximum Gasteiger partial charge on any atom is 0.133 e. The van der Waals surface area contributed by atoms with Gasteiger partial charge in [-0.1, -0.05) is 17.7 Å². The second-order valence-electron chi connectivity index (χ2n) is 3.94. The Kier molecular flexibility index (Phi) is 5.02. The third-order valence-electron chi connectivity index (χ3n) is 2.59. The van der Waals surface area contributed by atoms with Gasteiger partial charge in [-0.25, -0.2) is 0 Å². The Morgan fingerprint density at radius 3 is 2.74 bits per heavy atom. The molecule has 0 saturated heterocycles. The number of anilines is 1. The van der Waals surface area contributed by atoms with Crippen LogP contribution in [0.15, 0.2) is 45.8 Å². The summed E-state index contributed by atoms with van der Waals surface area (Å²) in [6, 6.07) is 11.5. The van der Waals surface area contributed by atoms with Crippen molar-refractivity contribution in [3.8, 4) is 5.75 Å². The van der Waals surface area contributed by atoms with E-state index in [1.165, 1.54) is 5.56 Å². The van der Waals surface area contributed by atoms with Gasteiger partial charge in [0.1, 0.15) is 5.75 Å². The van der Waals surface area contributed by atoms with Crippen LogP contribution < -0.4 is 10.5 Å². The van der Waals surface area contributed by atoms with Gasteiger partial charge in [0, 0.05) is 21.4 Å². The molecule has 0 fully saturated rings. The number of nitrogens with two attached hydrogens (primary N) is 1. The molecule has 0 radical (unpaired) electrons. The number of nitrogen functional groups attached to an aromatic ring is 1. The van der Waals surface area contributed by atoms with Crippen molar-refractivity contribution in [3.63, 3.8) is 0 Å². The van der Waals surface area contributed by atoms with E-state index in [2.05, 4.69) is 15.9 Å².